The Morgan fingerprint density at radius 3 is 2.57 bits per heavy atom. The summed E-state index contributed by atoms with van der Waals surface area (Å²) in [5, 5.41) is 9.59. The van der Waals surface area contributed by atoms with Gasteiger partial charge in [-0.2, -0.15) is 0 Å². The van der Waals surface area contributed by atoms with E-state index >= 15 is 0 Å². The lowest BCUT2D eigenvalue weighted by atomic mass is 10.2. The molecule has 0 aromatic heterocycles. The zero-order chi connectivity index (χ0) is 15.8. The van der Waals surface area contributed by atoms with Crippen molar-refractivity contribution in [3.8, 4) is 0 Å². The number of hydrogen-bond acceptors (Lipinski definition) is 4. The highest BCUT2D eigenvalue weighted by atomic mass is 19.1. The Kier molecular flexibility index (Phi) is 6.12. The molecule has 0 saturated heterocycles. The Morgan fingerprint density at radius 2 is 1.95 bits per heavy atom. The van der Waals surface area contributed by atoms with Gasteiger partial charge in [0.05, 0.1) is 12.2 Å². The van der Waals surface area contributed by atoms with Crippen LogP contribution in [0.1, 0.15) is 13.8 Å². The highest BCUT2D eigenvalue weighted by Gasteiger charge is 2.08. The van der Waals surface area contributed by atoms with Gasteiger partial charge in [0.15, 0.2) is 0 Å². The Labute approximate surface area is 121 Å². The second-order valence-electron chi connectivity index (χ2n) is 4.14. The Hall–Kier alpha value is -2.64. The molecule has 7 nitrogen and oxygen atoms in total. The maximum absolute atomic E-state index is 13.4. The van der Waals surface area contributed by atoms with Crippen LogP contribution in [0.3, 0.4) is 0 Å². The predicted octanol–water partition coefficient (Wildman–Crippen LogP) is 1.04. The smallest absolute Gasteiger partial charge is 0.321 e. The highest BCUT2D eigenvalue weighted by Crippen LogP contribution is 2.19. The molecule has 0 atom stereocenters. The van der Waals surface area contributed by atoms with Gasteiger partial charge in [-0.1, -0.05) is 0 Å². The fraction of sp³-hybridized carbons (Fsp3) is 0.308. The average molecular weight is 296 g/mol. The second kappa shape index (κ2) is 7.83. The zero-order valence-corrected chi connectivity index (χ0v) is 11.7. The molecule has 0 unspecified atom stereocenters. The molecule has 4 amide bonds. The van der Waals surface area contributed by atoms with Crippen LogP contribution < -0.4 is 21.3 Å². The topological polar surface area (TPSA) is 99.3 Å². The maximum Gasteiger partial charge on any atom is 0.321 e. The van der Waals surface area contributed by atoms with Crippen LogP contribution in [0.5, 0.6) is 0 Å². The van der Waals surface area contributed by atoms with Crippen LogP contribution in [-0.2, 0) is 9.59 Å². The van der Waals surface area contributed by atoms with E-state index in [-0.39, 0.29) is 12.2 Å². The first kappa shape index (κ1) is 16.4. The van der Waals surface area contributed by atoms with E-state index in [0.717, 1.165) is 6.07 Å². The lowest BCUT2D eigenvalue weighted by molar-refractivity contribution is -0.118. The van der Waals surface area contributed by atoms with Crippen molar-refractivity contribution in [2.24, 2.45) is 0 Å². The van der Waals surface area contributed by atoms with Crippen molar-refractivity contribution in [1.29, 1.82) is 0 Å². The first-order chi connectivity index (χ1) is 9.92. The van der Waals surface area contributed by atoms with Crippen molar-refractivity contribution in [2.75, 3.05) is 23.7 Å². The first-order valence-electron chi connectivity index (χ1n) is 6.31. The summed E-state index contributed by atoms with van der Waals surface area (Å²) in [7, 11) is 0. The van der Waals surface area contributed by atoms with Gasteiger partial charge in [0.2, 0.25) is 11.8 Å². The standard InChI is InChI=1S/C13H17FN4O3/c1-3-15-13(21)18-12(20)7-16-9-4-5-10(14)11(6-9)17-8(2)19/h4-6,16H,3,7H2,1-2H3,(H,17,19)(H2,15,18,20,21). The van der Waals surface area contributed by atoms with E-state index in [4.69, 9.17) is 0 Å². The molecule has 21 heavy (non-hydrogen) atoms. The van der Waals surface area contributed by atoms with Gasteiger partial charge < -0.3 is 16.0 Å². The van der Waals surface area contributed by atoms with Crippen molar-refractivity contribution >= 4 is 29.2 Å². The van der Waals surface area contributed by atoms with Gasteiger partial charge in [-0.05, 0) is 25.1 Å². The van der Waals surface area contributed by atoms with Crippen molar-refractivity contribution in [3.05, 3.63) is 24.0 Å². The number of amides is 4. The van der Waals surface area contributed by atoms with Gasteiger partial charge in [-0.25, -0.2) is 9.18 Å². The maximum atomic E-state index is 13.4. The number of rotatable bonds is 5. The Morgan fingerprint density at radius 1 is 1.24 bits per heavy atom. The minimum absolute atomic E-state index is 0.0108. The van der Waals surface area contributed by atoms with E-state index in [9.17, 15) is 18.8 Å². The predicted molar refractivity (Wildman–Crippen MR) is 76.4 cm³/mol. The summed E-state index contributed by atoms with van der Waals surface area (Å²) in [6, 6.07) is 3.35. The normalized spacial score (nSPS) is 9.67. The molecular weight excluding hydrogens is 279 g/mol. The van der Waals surface area contributed by atoms with E-state index in [2.05, 4.69) is 21.3 Å². The van der Waals surface area contributed by atoms with Crippen LogP contribution in [0.4, 0.5) is 20.6 Å². The Bertz CT molecular complexity index is 548. The zero-order valence-electron chi connectivity index (χ0n) is 11.7. The molecule has 0 aliphatic rings. The molecule has 0 saturated carbocycles. The molecule has 0 bridgehead atoms. The number of hydrogen-bond donors (Lipinski definition) is 4. The van der Waals surface area contributed by atoms with Gasteiger partial charge in [0, 0.05) is 19.2 Å². The monoisotopic (exact) mass is 296 g/mol. The fourth-order valence-electron chi connectivity index (χ4n) is 1.48. The molecule has 0 radical (unpaired) electrons. The SMILES string of the molecule is CCNC(=O)NC(=O)CNc1ccc(F)c(NC(C)=O)c1. The van der Waals surface area contributed by atoms with Gasteiger partial charge in [-0.3, -0.25) is 14.9 Å². The molecule has 0 spiro atoms. The van der Waals surface area contributed by atoms with Crippen LogP contribution in [0, 0.1) is 5.82 Å². The number of imide groups is 1. The van der Waals surface area contributed by atoms with E-state index in [1.165, 1.54) is 19.1 Å². The third-order valence-electron chi connectivity index (χ3n) is 2.32. The lowest BCUT2D eigenvalue weighted by Gasteiger charge is -2.10. The molecule has 114 valence electrons. The number of carbonyl (C=O) groups is 3. The summed E-state index contributed by atoms with van der Waals surface area (Å²) in [4.78, 5) is 33.5. The van der Waals surface area contributed by atoms with E-state index < -0.39 is 23.7 Å². The minimum Gasteiger partial charge on any atom is -0.376 e. The lowest BCUT2D eigenvalue weighted by Crippen LogP contribution is -2.41. The van der Waals surface area contributed by atoms with Crippen LogP contribution >= 0.6 is 0 Å². The van der Waals surface area contributed by atoms with Gasteiger partial charge >= 0.3 is 6.03 Å². The number of benzene rings is 1. The Balaban J connectivity index is 2.57. The van der Waals surface area contributed by atoms with Crippen LogP contribution in [0.15, 0.2) is 18.2 Å². The van der Waals surface area contributed by atoms with Crippen molar-refractivity contribution in [2.45, 2.75) is 13.8 Å². The van der Waals surface area contributed by atoms with Gasteiger partial charge in [-0.15, -0.1) is 0 Å². The minimum atomic E-state index is -0.581. The summed E-state index contributed by atoms with van der Waals surface area (Å²) in [6.07, 6.45) is 0. The number of carbonyl (C=O) groups excluding carboxylic acids is 3. The summed E-state index contributed by atoms with van der Waals surface area (Å²) in [5.41, 5.74) is 0.447. The van der Waals surface area contributed by atoms with Gasteiger partial charge in [0.1, 0.15) is 5.82 Å². The summed E-state index contributed by atoms with van der Waals surface area (Å²) in [6.45, 7) is 3.23. The number of halogens is 1. The molecule has 0 fully saturated rings. The first-order valence-corrected chi connectivity index (χ1v) is 6.31. The van der Waals surface area contributed by atoms with Crippen molar-refractivity contribution < 1.29 is 18.8 Å². The molecule has 0 aliphatic carbocycles. The number of urea groups is 1. The highest BCUT2D eigenvalue weighted by molar-refractivity contribution is 5.96. The van der Waals surface area contributed by atoms with Crippen LogP contribution in [-0.4, -0.2) is 30.9 Å². The molecule has 1 rings (SSSR count). The second-order valence-corrected chi connectivity index (χ2v) is 4.14. The molecule has 0 aliphatic heterocycles. The largest absolute Gasteiger partial charge is 0.376 e. The summed E-state index contributed by atoms with van der Waals surface area (Å²) in [5.74, 6) is -1.52. The molecule has 1 aromatic rings. The average Bonchev–Trinajstić information content (AvgIpc) is 2.39. The van der Waals surface area contributed by atoms with Crippen molar-refractivity contribution in [1.82, 2.24) is 10.6 Å². The summed E-state index contributed by atoms with van der Waals surface area (Å²) >= 11 is 0. The third-order valence-corrected chi connectivity index (χ3v) is 2.32. The molecule has 0 heterocycles. The number of nitrogens with one attached hydrogen (secondary N) is 4. The molecule has 4 N–H and O–H groups in total. The van der Waals surface area contributed by atoms with E-state index in [0.29, 0.717) is 12.2 Å². The van der Waals surface area contributed by atoms with E-state index in [1.54, 1.807) is 6.92 Å². The molecule has 8 heteroatoms. The molecule has 1 aromatic carbocycles. The van der Waals surface area contributed by atoms with Crippen LogP contribution in [0.25, 0.3) is 0 Å². The summed E-state index contributed by atoms with van der Waals surface area (Å²) < 4.78 is 13.4. The third kappa shape index (κ3) is 5.89. The van der Waals surface area contributed by atoms with Crippen LogP contribution in [0.2, 0.25) is 0 Å². The fourth-order valence-corrected chi connectivity index (χ4v) is 1.48. The number of anilines is 2. The van der Waals surface area contributed by atoms with Crippen molar-refractivity contribution in [3.63, 3.8) is 0 Å². The van der Waals surface area contributed by atoms with E-state index in [1.807, 2.05) is 0 Å². The quantitative estimate of drug-likeness (QED) is 0.652. The molecular formula is C13H17FN4O3. The van der Waals surface area contributed by atoms with Gasteiger partial charge in [0.25, 0.3) is 0 Å².